The number of fused-ring (bicyclic) bond motifs is 2. The molecule has 19 heavy (non-hydrogen) atoms. The van der Waals surface area contributed by atoms with Crippen LogP contribution in [0.25, 0.3) is 22.2 Å². The molecular weight excluding hydrogens is 246 g/mol. The second-order valence-corrected chi connectivity index (χ2v) is 3.55. The summed E-state index contributed by atoms with van der Waals surface area (Å²) in [6.07, 6.45) is 7.88. The smallest absolute Gasteiger partial charge is 0.183 e. The van der Waals surface area contributed by atoms with Gasteiger partial charge in [-0.1, -0.05) is 0 Å². The van der Waals surface area contributed by atoms with Gasteiger partial charge in [-0.15, -0.1) is 0 Å². The summed E-state index contributed by atoms with van der Waals surface area (Å²) in [7, 11) is 0. The van der Waals surface area contributed by atoms with Crippen LogP contribution in [0.15, 0.2) is 31.4 Å². The minimum Gasteiger partial charge on any atom is -0.382 e. The summed E-state index contributed by atoms with van der Waals surface area (Å²) >= 11 is 0. The number of anilines is 1. The van der Waals surface area contributed by atoms with Crippen LogP contribution in [-0.4, -0.2) is 40.1 Å². The lowest BCUT2D eigenvalue weighted by atomic mass is 10.5. The minimum atomic E-state index is 0.409. The van der Waals surface area contributed by atoms with Gasteiger partial charge in [0.2, 0.25) is 0 Å². The Balaban J connectivity index is 0.000000117. The molecule has 4 rings (SSSR count). The average Bonchev–Trinajstić information content (AvgIpc) is 3.08. The third-order valence-electron chi connectivity index (χ3n) is 2.35. The summed E-state index contributed by atoms with van der Waals surface area (Å²) in [5, 5.41) is 7.47. The zero-order chi connectivity index (χ0) is 13.1. The molecule has 0 aliphatic rings. The number of H-pyrrole nitrogens is 2. The van der Waals surface area contributed by atoms with Gasteiger partial charge in [0.05, 0.1) is 11.7 Å². The van der Waals surface area contributed by atoms with Gasteiger partial charge in [0.1, 0.15) is 18.2 Å². The number of rotatable bonds is 0. The van der Waals surface area contributed by atoms with E-state index in [4.69, 9.17) is 5.73 Å². The number of aromatic nitrogens is 8. The molecule has 0 fully saturated rings. The third kappa shape index (κ3) is 2.16. The molecule has 0 saturated heterocycles. The molecule has 0 amide bonds. The Morgan fingerprint density at radius 3 is 2.84 bits per heavy atom. The van der Waals surface area contributed by atoms with Crippen molar-refractivity contribution in [1.29, 1.82) is 0 Å². The molecule has 9 nitrogen and oxygen atoms in total. The fourth-order valence-electron chi connectivity index (χ4n) is 1.48. The lowest BCUT2D eigenvalue weighted by Gasteiger charge is -1.88. The maximum atomic E-state index is 5.47. The Labute approximate surface area is 106 Å². The van der Waals surface area contributed by atoms with Gasteiger partial charge in [-0.3, -0.25) is 5.10 Å². The third-order valence-corrected chi connectivity index (χ3v) is 2.35. The highest BCUT2D eigenvalue weighted by Gasteiger charge is 1.99. The highest BCUT2D eigenvalue weighted by atomic mass is 15.1. The standard InChI is InChI=1S/C5H5N5.C5H4N4/c6-4-3-5(9-1-7-3)10-2-8-4;1-4-2-8-9-5(4)7-3-6-1/h1-2H,(H3,6,7,8,9,10);1-3H,(H,6,7,8,9). The number of imidazole rings is 1. The predicted molar refractivity (Wildman–Crippen MR) is 67.8 cm³/mol. The van der Waals surface area contributed by atoms with Crippen molar-refractivity contribution < 1.29 is 0 Å². The molecule has 9 heteroatoms. The van der Waals surface area contributed by atoms with Crippen molar-refractivity contribution >= 4 is 28.0 Å². The highest BCUT2D eigenvalue weighted by molar-refractivity contribution is 5.80. The Kier molecular flexibility index (Phi) is 2.69. The lowest BCUT2D eigenvalue weighted by molar-refractivity contribution is 1.09. The summed E-state index contributed by atoms with van der Waals surface area (Å²) in [6.45, 7) is 0. The van der Waals surface area contributed by atoms with Gasteiger partial charge >= 0.3 is 0 Å². The molecule has 0 aromatic carbocycles. The van der Waals surface area contributed by atoms with Crippen LogP contribution in [0.5, 0.6) is 0 Å². The SMILES string of the molecule is Nc1ncnc2[nH]cnc12.c1ncc2c[nH]nc2n1. The fraction of sp³-hybridized carbons (Fsp3) is 0. The Bertz CT molecular complexity index is 772. The first-order valence-electron chi connectivity index (χ1n) is 5.33. The van der Waals surface area contributed by atoms with Gasteiger partial charge < -0.3 is 10.7 Å². The molecule has 4 aromatic heterocycles. The van der Waals surface area contributed by atoms with Crippen molar-refractivity contribution in [3.63, 3.8) is 0 Å². The molecule has 0 aliphatic carbocycles. The quantitative estimate of drug-likeness (QED) is 0.411. The fourth-order valence-corrected chi connectivity index (χ4v) is 1.48. The Hall–Kier alpha value is -3.10. The van der Waals surface area contributed by atoms with Crippen molar-refractivity contribution in [2.75, 3.05) is 5.73 Å². The maximum Gasteiger partial charge on any atom is 0.183 e. The summed E-state index contributed by atoms with van der Waals surface area (Å²) in [5.74, 6) is 0.409. The molecule has 94 valence electrons. The van der Waals surface area contributed by atoms with Gasteiger partial charge in [0.25, 0.3) is 0 Å². The molecule has 0 bridgehead atoms. The van der Waals surface area contributed by atoms with Crippen LogP contribution in [0.2, 0.25) is 0 Å². The van der Waals surface area contributed by atoms with Gasteiger partial charge in [-0.2, -0.15) is 5.10 Å². The summed E-state index contributed by atoms with van der Waals surface area (Å²) in [4.78, 5) is 22.1. The lowest BCUT2D eigenvalue weighted by Crippen LogP contribution is -1.91. The molecule has 0 spiro atoms. The number of hydrogen-bond donors (Lipinski definition) is 3. The first kappa shape index (κ1) is 11.0. The number of hydrogen-bond acceptors (Lipinski definition) is 7. The van der Waals surface area contributed by atoms with Crippen LogP contribution in [0.1, 0.15) is 0 Å². The normalized spacial score (nSPS) is 10.3. The molecule has 0 atom stereocenters. The summed E-state index contributed by atoms with van der Waals surface area (Å²) in [5.41, 5.74) is 7.48. The molecule has 4 heterocycles. The van der Waals surface area contributed by atoms with Crippen LogP contribution < -0.4 is 5.73 Å². The second-order valence-electron chi connectivity index (χ2n) is 3.55. The van der Waals surface area contributed by atoms with Crippen LogP contribution in [0.3, 0.4) is 0 Å². The molecular formula is C10H9N9. The van der Waals surface area contributed by atoms with Crippen LogP contribution in [0.4, 0.5) is 5.82 Å². The number of nitrogens with zero attached hydrogens (tertiary/aromatic N) is 6. The molecule has 4 N–H and O–H groups in total. The number of aromatic amines is 2. The van der Waals surface area contributed by atoms with Crippen molar-refractivity contribution in [3.8, 4) is 0 Å². The van der Waals surface area contributed by atoms with E-state index >= 15 is 0 Å². The first-order chi connectivity index (χ1) is 9.34. The average molecular weight is 255 g/mol. The van der Waals surface area contributed by atoms with E-state index in [9.17, 15) is 0 Å². The highest BCUT2D eigenvalue weighted by Crippen LogP contribution is 2.09. The van der Waals surface area contributed by atoms with Crippen LogP contribution in [-0.2, 0) is 0 Å². The number of nitrogens with one attached hydrogen (secondary N) is 2. The summed E-state index contributed by atoms with van der Waals surface area (Å²) < 4.78 is 0. The Morgan fingerprint density at radius 2 is 2.00 bits per heavy atom. The minimum absolute atomic E-state index is 0.409. The van der Waals surface area contributed by atoms with Crippen LogP contribution >= 0.6 is 0 Å². The zero-order valence-corrected chi connectivity index (χ0v) is 9.65. The van der Waals surface area contributed by atoms with Gasteiger partial charge in [0, 0.05) is 12.4 Å². The van der Waals surface area contributed by atoms with Gasteiger partial charge in [-0.25, -0.2) is 24.9 Å². The first-order valence-corrected chi connectivity index (χ1v) is 5.33. The van der Waals surface area contributed by atoms with E-state index in [1.54, 1.807) is 12.4 Å². The second kappa shape index (κ2) is 4.64. The van der Waals surface area contributed by atoms with Crippen molar-refractivity contribution in [1.82, 2.24) is 40.1 Å². The zero-order valence-electron chi connectivity index (χ0n) is 9.65. The monoisotopic (exact) mass is 255 g/mol. The van der Waals surface area contributed by atoms with Gasteiger partial charge in [-0.05, 0) is 0 Å². The topological polar surface area (TPSA) is 135 Å². The number of nitrogen functional groups attached to an aromatic ring is 1. The molecule has 0 radical (unpaired) electrons. The summed E-state index contributed by atoms with van der Waals surface area (Å²) in [6, 6.07) is 0. The van der Waals surface area contributed by atoms with Gasteiger partial charge in [0.15, 0.2) is 17.1 Å². The maximum absolute atomic E-state index is 5.47. The number of nitrogens with two attached hydrogens (primary N) is 1. The molecule has 0 aliphatic heterocycles. The van der Waals surface area contributed by atoms with Crippen LogP contribution in [0, 0.1) is 0 Å². The Morgan fingerprint density at radius 1 is 1.05 bits per heavy atom. The molecule has 0 unspecified atom stereocenters. The largest absolute Gasteiger partial charge is 0.382 e. The molecule has 0 saturated carbocycles. The predicted octanol–water partition coefficient (Wildman–Crippen LogP) is 0.288. The van der Waals surface area contributed by atoms with E-state index in [1.807, 2.05) is 0 Å². The van der Waals surface area contributed by atoms with Crippen molar-refractivity contribution in [3.05, 3.63) is 31.4 Å². The van der Waals surface area contributed by atoms with Crippen molar-refractivity contribution in [2.24, 2.45) is 0 Å². The van der Waals surface area contributed by atoms with E-state index in [0.29, 0.717) is 22.6 Å². The van der Waals surface area contributed by atoms with E-state index in [2.05, 4.69) is 40.1 Å². The molecule has 4 aromatic rings. The van der Waals surface area contributed by atoms with Crippen molar-refractivity contribution in [2.45, 2.75) is 0 Å². The van der Waals surface area contributed by atoms with E-state index in [0.717, 1.165) is 5.39 Å². The van der Waals surface area contributed by atoms with E-state index in [1.165, 1.54) is 19.0 Å². The van der Waals surface area contributed by atoms with E-state index < -0.39 is 0 Å². The van der Waals surface area contributed by atoms with E-state index in [-0.39, 0.29) is 0 Å².